The molecular weight excluding hydrogens is 465 g/mol. The molecule has 0 aliphatic carbocycles. The van der Waals surface area contributed by atoms with Crippen LogP contribution in [-0.4, -0.2) is 27.4 Å². The average Bonchev–Trinajstić information content (AvgIpc) is 3.31. The third-order valence-electron chi connectivity index (χ3n) is 4.63. The van der Waals surface area contributed by atoms with Crippen LogP contribution in [0.3, 0.4) is 0 Å². The fourth-order valence-corrected chi connectivity index (χ4v) is 4.38. The molecule has 162 valence electrons. The second-order valence-corrected chi connectivity index (χ2v) is 8.81. The summed E-state index contributed by atoms with van der Waals surface area (Å²) in [6.45, 7) is 1.08. The van der Waals surface area contributed by atoms with E-state index in [1.165, 1.54) is 11.3 Å². The monoisotopic (exact) mass is 483 g/mol. The second-order valence-electron chi connectivity index (χ2n) is 6.88. The van der Waals surface area contributed by atoms with Gasteiger partial charge in [-0.25, -0.2) is 9.97 Å². The first kappa shape index (κ1) is 22.2. The Morgan fingerprint density at radius 2 is 1.84 bits per heavy atom. The molecule has 0 radical (unpaired) electrons. The minimum Gasteiger partial charge on any atom is -0.351 e. The molecule has 3 aromatic heterocycles. The van der Waals surface area contributed by atoms with Gasteiger partial charge in [0.25, 0.3) is 5.91 Å². The molecule has 32 heavy (non-hydrogen) atoms. The Balaban J connectivity index is 1.35. The van der Waals surface area contributed by atoms with E-state index in [0.717, 1.165) is 21.7 Å². The average molecular weight is 484 g/mol. The van der Waals surface area contributed by atoms with E-state index in [1.807, 2.05) is 30.3 Å². The largest absolute Gasteiger partial charge is 0.351 e. The molecule has 0 unspecified atom stereocenters. The zero-order valence-electron chi connectivity index (χ0n) is 16.9. The first-order chi connectivity index (χ1) is 15.6. The highest BCUT2D eigenvalue weighted by atomic mass is 35.5. The van der Waals surface area contributed by atoms with Gasteiger partial charge in [0.2, 0.25) is 5.95 Å². The van der Waals surface area contributed by atoms with E-state index in [9.17, 15) is 4.79 Å². The summed E-state index contributed by atoms with van der Waals surface area (Å²) in [5.41, 5.74) is 2.79. The summed E-state index contributed by atoms with van der Waals surface area (Å²) in [4.78, 5) is 26.9. The maximum Gasteiger partial charge on any atom is 0.261 e. The minimum absolute atomic E-state index is 0.128. The van der Waals surface area contributed by atoms with Crippen molar-refractivity contribution in [1.29, 1.82) is 0 Å². The SMILES string of the molecule is O=C(NCCc1ccc(Cl)cc1Cl)c1ccc(-c2ccnc(NCc3ccncc3)n2)s1. The van der Waals surface area contributed by atoms with Crippen LogP contribution in [-0.2, 0) is 13.0 Å². The maximum atomic E-state index is 12.5. The van der Waals surface area contributed by atoms with Crippen LogP contribution < -0.4 is 10.6 Å². The molecule has 0 saturated heterocycles. The van der Waals surface area contributed by atoms with Crippen molar-refractivity contribution < 1.29 is 4.79 Å². The fraction of sp³-hybridized carbons (Fsp3) is 0.130. The van der Waals surface area contributed by atoms with Gasteiger partial charge in [0.05, 0.1) is 15.4 Å². The highest BCUT2D eigenvalue weighted by Gasteiger charge is 2.12. The van der Waals surface area contributed by atoms with Crippen molar-refractivity contribution in [2.45, 2.75) is 13.0 Å². The Kier molecular flexibility index (Phi) is 7.32. The molecule has 0 bridgehead atoms. The number of thiophene rings is 1. The predicted octanol–water partition coefficient (Wildman–Crippen LogP) is 5.49. The van der Waals surface area contributed by atoms with E-state index in [-0.39, 0.29) is 5.91 Å². The standard InChI is InChI=1S/C23H19Cl2N5OS/c24-17-2-1-16(18(25)13-17)7-11-27-22(31)21-4-3-20(32-21)19-8-12-28-23(30-19)29-14-15-5-9-26-10-6-15/h1-6,8-10,12-13H,7,11,14H2,(H,27,31)(H,28,29,30). The number of amides is 1. The zero-order valence-corrected chi connectivity index (χ0v) is 19.2. The van der Waals surface area contributed by atoms with Crippen LogP contribution in [0.2, 0.25) is 10.0 Å². The van der Waals surface area contributed by atoms with Gasteiger partial charge in [0.15, 0.2) is 0 Å². The van der Waals surface area contributed by atoms with Crippen molar-refractivity contribution in [3.63, 3.8) is 0 Å². The highest BCUT2D eigenvalue weighted by molar-refractivity contribution is 7.17. The summed E-state index contributed by atoms with van der Waals surface area (Å²) in [7, 11) is 0. The lowest BCUT2D eigenvalue weighted by Gasteiger charge is -2.06. The summed E-state index contributed by atoms with van der Waals surface area (Å²) in [6, 6.07) is 14.8. The summed E-state index contributed by atoms with van der Waals surface area (Å²) in [5.74, 6) is 0.398. The maximum absolute atomic E-state index is 12.5. The van der Waals surface area contributed by atoms with Gasteiger partial charge in [0, 0.05) is 41.7 Å². The molecule has 0 aliphatic heterocycles. The molecule has 0 atom stereocenters. The molecule has 0 spiro atoms. The number of rotatable bonds is 8. The van der Waals surface area contributed by atoms with Gasteiger partial charge in [0.1, 0.15) is 0 Å². The van der Waals surface area contributed by atoms with Crippen LogP contribution in [0.4, 0.5) is 5.95 Å². The van der Waals surface area contributed by atoms with Crippen molar-refractivity contribution in [2.24, 2.45) is 0 Å². The number of aromatic nitrogens is 3. The number of carbonyl (C=O) groups excluding carboxylic acids is 1. The zero-order chi connectivity index (χ0) is 22.3. The smallest absolute Gasteiger partial charge is 0.261 e. The normalized spacial score (nSPS) is 10.7. The lowest BCUT2D eigenvalue weighted by Crippen LogP contribution is -2.24. The van der Waals surface area contributed by atoms with Gasteiger partial charge in [-0.15, -0.1) is 11.3 Å². The second kappa shape index (κ2) is 10.5. The number of hydrogen-bond donors (Lipinski definition) is 2. The van der Waals surface area contributed by atoms with Crippen molar-refractivity contribution in [3.8, 4) is 10.6 Å². The minimum atomic E-state index is -0.128. The van der Waals surface area contributed by atoms with Crippen LogP contribution in [0.1, 0.15) is 20.8 Å². The van der Waals surface area contributed by atoms with Crippen LogP contribution >= 0.6 is 34.5 Å². The van der Waals surface area contributed by atoms with E-state index in [4.69, 9.17) is 23.2 Å². The number of carbonyl (C=O) groups is 1. The van der Waals surface area contributed by atoms with E-state index in [2.05, 4.69) is 25.6 Å². The van der Waals surface area contributed by atoms with Crippen LogP contribution in [0.5, 0.6) is 0 Å². The van der Waals surface area contributed by atoms with Gasteiger partial charge in [-0.1, -0.05) is 29.3 Å². The number of nitrogens with zero attached hydrogens (tertiary/aromatic N) is 3. The first-order valence-corrected chi connectivity index (χ1v) is 11.4. The predicted molar refractivity (Wildman–Crippen MR) is 129 cm³/mol. The van der Waals surface area contributed by atoms with Crippen LogP contribution in [0.15, 0.2) is 67.1 Å². The van der Waals surface area contributed by atoms with E-state index >= 15 is 0 Å². The molecule has 1 aromatic carbocycles. The van der Waals surface area contributed by atoms with Crippen molar-refractivity contribution in [1.82, 2.24) is 20.3 Å². The lowest BCUT2D eigenvalue weighted by molar-refractivity contribution is 0.0958. The van der Waals surface area contributed by atoms with E-state index in [1.54, 1.807) is 36.8 Å². The number of pyridine rings is 1. The van der Waals surface area contributed by atoms with Crippen molar-refractivity contribution in [3.05, 3.63) is 93.2 Å². The summed E-state index contributed by atoms with van der Waals surface area (Å²) in [5, 5.41) is 7.33. The third kappa shape index (κ3) is 5.82. The Bertz CT molecular complexity index is 1220. The van der Waals surface area contributed by atoms with E-state index < -0.39 is 0 Å². The molecule has 9 heteroatoms. The van der Waals surface area contributed by atoms with Gasteiger partial charge >= 0.3 is 0 Å². The third-order valence-corrected chi connectivity index (χ3v) is 6.33. The molecule has 1 amide bonds. The molecule has 0 saturated carbocycles. The Morgan fingerprint density at radius 3 is 2.66 bits per heavy atom. The summed E-state index contributed by atoms with van der Waals surface area (Å²) in [6.07, 6.45) is 5.82. The summed E-state index contributed by atoms with van der Waals surface area (Å²) >= 11 is 13.5. The highest BCUT2D eigenvalue weighted by Crippen LogP contribution is 2.27. The van der Waals surface area contributed by atoms with Crippen LogP contribution in [0, 0.1) is 0 Å². The quantitative estimate of drug-likeness (QED) is 0.346. The number of benzene rings is 1. The van der Waals surface area contributed by atoms with Crippen molar-refractivity contribution in [2.75, 3.05) is 11.9 Å². The van der Waals surface area contributed by atoms with E-state index in [0.29, 0.717) is 40.4 Å². The van der Waals surface area contributed by atoms with Gasteiger partial charge in [-0.05, 0) is 60.0 Å². The Morgan fingerprint density at radius 1 is 1.00 bits per heavy atom. The van der Waals surface area contributed by atoms with Gasteiger partial charge < -0.3 is 10.6 Å². The number of anilines is 1. The lowest BCUT2D eigenvalue weighted by atomic mass is 10.1. The van der Waals surface area contributed by atoms with Crippen LogP contribution in [0.25, 0.3) is 10.6 Å². The topological polar surface area (TPSA) is 79.8 Å². The molecular formula is C23H19Cl2N5OS. The summed E-state index contributed by atoms with van der Waals surface area (Å²) < 4.78 is 0. The molecule has 4 rings (SSSR count). The molecule has 0 fully saturated rings. The molecule has 6 nitrogen and oxygen atoms in total. The van der Waals surface area contributed by atoms with Crippen molar-refractivity contribution >= 4 is 46.4 Å². The molecule has 4 aromatic rings. The molecule has 2 N–H and O–H groups in total. The molecule has 3 heterocycles. The molecule has 0 aliphatic rings. The van der Waals surface area contributed by atoms with Gasteiger partial charge in [-0.3, -0.25) is 9.78 Å². The number of nitrogens with one attached hydrogen (secondary N) is 2. The Labute approximate surface area is 199 Å². The van der Waals surface area contributed by atoms with Gasteiger partial charge in [-0.2, -0.15) is 0 Å². The number of halogens is 2. The fourth-order valence-electron chi connectivity index (χ4n) is 2.98. The Hall–Kier alpha value is -3.00. The first-order valence-electron chi connectivity index (χ1n) is 9.86. The number of hydrogen-bond acceptors (Lipinski definition) is 6.